The molecule has 10 heavy (non-hydrogen) atoms. The molecule has 0 aliphatic carbocycles. The van der Waals surface area contributed by atoms with E-state index in [4.69, 9.17) is 4.74 Å². The normalized spacial score (nSPS) is 13.1. The fourth-order valence-electron chi connectivity index (χ4n) is 0.684. The summed E-state index contributed by atoms with van der Waals surface area (Å²) in [5.74, 6) is 1.49. The molecule has 0 unspecified atom stereocenters. The van der Waals surface area contributed by atoms with Crippen LogP contribution in [0.5, 0.6) is 0 Å². The highest BCUT2D eigenvalue weighted by Crippen LogP contribution is 2.03. The summed E-state index contributed by atoms with van der Waals surface area (Å²) in [6.07, 6.45) is 6.01. The lowest BCUT2D eigenvalue weighted by Gasteiger charge is -2.01. The Morgan fingerprint density at radius 1 is 1.40 bits per heavy atom. The summed E-state index contributed by atoms with van der Waals surface area (Å²) in [7, 11) is 1.69. The Labute approximate surface area is 63.4 Å². The Bertz CT molecular complexity index is 132. The molecule has 58 valence electrons. The number of rotatable bonds is 3. The molecule has 0 aromatic carbocycles. The molecular weight excluding hydrogens is 124 g/mol. The second kappa shape index (κ2) is 5.10. The molecule has 0 saturated carbocycles. The predicted molar refractivity (Wildman–Crippen MR) is 44.7 cm³/mol. The highest BCUT2D eigenvalue weighted by Gasteiger charge is 1.90. The highest BCUT2D eigenvalue weighted by molar-refractivity contribution is 5.11. The molecule has 0 aromatic rings. The first kappa shape index (κ1) is 9.28. The SMILES string of the molecule is C/C=C\C(=C/C(C)C)OC. The Balaban J connectivity index is 4.04. The maximum absolute atomic E-state index is 5.08. The summed E-state index contributed by atoms with van der Waals surface area (Å²) in [4.78, 5) is 0. The maximum atomic E-state index is 5.08. The molecule has 0 atom stereocenters. The number of hydrogen-bond acceptors (Lipinski definition) is 1. The van der Waals surface area contributed by atoms with Gasteiger partial charge in [0.1, 0.15) is 5.76 Å². The zero-order chi connectivity index (χ0) is 7.98. The van der Waals surface area contributed by atoms with Gasteiger partial charge in [-0.15, -0.1) is 0 Å². The molecule has 0 amide bonds. The number of ether oxygens (including phenoxy) is 1. The van der Waals surface area contributed by atoms with Crippen molar-refractivity contribution in [2.75, 3.05) is 7.11 Å². The van der Waals surface area contributed by atoms with Gasteiger partial charge in [-0.1, -0.05) is 19.9 Å². The van der Waals surface area contributed by atoms with E-state index >= 15 is 0 Å². The third-order valence-electron chi connectivity index (χ3n) is 1.06. The van der Waals surface area contributed by atoms with Crippen molar-refractivity contribution in [3.8, 4) is 0 Å². The molecule has 0 aromatic heterocycles. The van der Waals surface area contributed by atoms with Crippen molar-refractivity contribution in [3.05, 3.63) is 24.0 Å². The molecule has 1 heteroatoms. The number of allylic oxidation sites excluding steroid dienone is 3. The molecule has 1 nitrogen and oxygen atoms in total. The van der Waals surface area contributed by atoms with E-state index in [0.717, 1.165) is 5.76 Å². The second-order valence-electron chi connectivity index (χ2n) is 2.52. The molecule has 0 fully saturated rings. The first-order valence-electron chi connectivity index (χ1n) is 3.59. The minimum atomic E-state index is 0.547. The topological polar surface area (TPSA) is 9.23 Å². The van der Waals surface area contributed by atoms with E-state index < -0.39 is 0 Å². The van der Waals surface area contributed by atoms with Gasteiger partial charge in [0.25, 0.3) is 0 Å². The van der Waals surface area contributed by atoms with Crippen molar-refractivity contribution in [2.24, 2.45) is 5.92 Å². The third kappa shape index (κ3) is 4.19. The lowest BCUT2D eigenvalue weighted by molar-refractivity contribution is 0.303. The lowest BCUT2D eigenvalue weighted by atomic mass is 10.2. The van der Waals surface area contributed by atoms with Gasteiger partial charge in [-0.2, -0.15) is 0 Å². The summed E-state index contributed by atoms with van der Waals surface area (Å²) < 4.78 is 5.08. The van der Waals surface area contributed by atoms with Gasteiger partial charge in [0.15, 0.2) is 0 Å². The van der Waals surface area contributed by atoms with E-state index in [1.54, 1.807) is 7.11 Å². The molecule has 0 bridgehead atoms. The lowest BCUT2D eigenvalue weighted by Crippen LogP contribution is -1.86. The highest BCUT2D eigenvalue weighted by atomic mass is 16.5. The van der Waals surface area contributed by atoms with Crippen molar-refractivity contribution < 1.29 is 4.74 Å². The van der Waals surface area contributed by atoms with E-state index in [-0.39, 0.29) is 0 Å². The summed E-state index contributed by atoms with van der Waals surface area (Å²) >= 11 is 0. The Hall–Kier alpha value is -0.720. The van der Waals surface area contributed by atoms with Gasteiger partial charge in [0, 0.05) is 0 Å². The van der Waals surface area contributed by atoms with Crippen LogP contribution in [0, 0.1) is 5.92 Å². The largest absolute Gasteiger partial charge is 0.497 e. The first-order chi connectivity index (χ1) is 4.70. The molecule has 0 heterocycles. The average Bonchev–Trinajstić information content (AvgIpc) is 1.86. The second-order valence-corrected chi connectivity index (χ2v) is 2.52. The molecule has 0 rings (SSSR count). The zero-order valence-corrected chi connectivity index (χ0v) is 7.22. The molecular formula is C9H16O. The predicted octanol–water partition coefficient (Wildman–Crippen LogP) is 2.75. The fourth-order valence-corrected chi connectivity index (χ4v) is 0.684. The molecule has 0 spiro atoms. The van der Waals surface area contributed by atoms with Crippen LogP contribution in [0.15, 0.2) is 24.0 Å². The third-order valence-corrected chi connectivity index (χ3v) is 1.06. The van der Waals surface area contributed by atoms with E-state index in [9.17, 15) is 0 Å². The van der Waals surface area contributed by atoms with Gasteiger partial charge >= 0.3 is 0 Å². The van der Waals surface area contributed by atoms with E-state index in [1.165, 1.54) is 0 Å². The van der Waals surface area contributed by atoms with Crippen molar-refractivity contribution in [3.63, 3.8) is 0 Å². The first-order valence-corrected chi connectivity index (χ1v) is 3.59. The van der Waals surface area contributed by atoms with Gasteiger partial charge in [0.05, 0.1) is 7.11 Å². The Morgan fingerprint density at radius 2 is 2.00 bits per heavy atom. The molecule has 0 aliphatic rings. The van der Waals surface area contributed by atoms with Crippen molar-refractivity contribution in [1.29, 1.82) is 0 Å². The van der Waals surface area contributed by atoms with Gasteiger partial charge in [-0.05, 0) is 25.0 Å². The number of hydrogen-bond donors (Lipinski definition) is 0. The van der Waals surface area contributed by atoms with Crippen LogP contribution < -0.4 is 0 Å². The molecule has 0 radical (unpaired) electrons. The monoisotopic (exact) mass is 140 g/mol. The van der Waals surface area contributed by atoms with Gasteiger partial charge in [-0.25, -0.2) is 0 Å². The fraction of sp³-hybridized carbons (Fsp3) is 0.556. The minimum absolute atomic E-state index is 0.547. The molecule has 0 N–H and O–H groups in total. The van der Waals surface area contributed by atoms with Crippen LogP contribution in [0.1, 0.15) is 20.8 Å². The van der Waals surface area contributed by atoms with Crippen molar-refractivity contribution in [1.82, 2.24) is 0 Å². The quantitative estimate of drug-likeness (QED) is 0.432. The van der Waals surface area contributed by atoms with Crippen LogP contribution in [0.2, 0.25) is 0 Å². The van der Waals surface area contributed by atoms with Crippen LogP contribution in [-0.2, 0) is 4.74 Å². The van der Waals surface area contributed by atoms with Crippen LogP contribution in [-0.4, -0.2) is 7.11 Å². The van der Waals surface area contributed by atoms with Crippen LogP contribution >= 0.6 is 0 Å². The summed E-state index contributed by atoms with van der Waals surface area (Å²) in [6.45, 7) is 6.23. The van der Waals surface area contributed by atoms with Crippen LogP contribution in [0.4, 0.5) is 0 Å². The average molecular weight is 140 g/mol. The van der Waals surface area contributed by atoms with Gasteiger partial charge in [-0.3, -0.25) is 0 Å². The van der Waals surface area contributed by atoms with Gasteiger partial charge < -0.3 is 4.74 Å². The summed E-state index contributed by atoms with van der Waals surface area (Å²) in [5.41, 5.74) is 0. The van der Waals surface area contributed by atoms with Crippen molar-refractivity contribution >= 4 is 0 Å². The van der Waals surface area contributed by atoms with Crippen molar-refractivity contribution in [2.45, 2.75) is 20.8 Å². The van der Waals surface area contributed by atoms with E-state index in [1.807, 2.05) is 19.1 Å². The van der Waals surface area contributed by atoms with Gasteiger partial charge in [0.2, 0.25) is 0 Å². The van der Waals surface area contributed by atoms with Crippen LogP contribution in [0.3, 0.4) is 0 Å². The Morgan fingerprint density at radius 3 is 2.30 bits per heavy atom. The summed E-state index contributed by atoms with van der Waals surface area (Å²) in [6, 6.07) is 0. The minimum Gasteiger partial charge on any atom is -0.497 e. The van der Waals surface area contributed by atoms with E-state index in [0.29, 0.717) is 5.92 Å². The molecule has 0 saturated heterocycles. The van der Waals surface area contributed by atoms with E-state index in [2.05, 4.69) is 19.9 Å². The standard InChI is InChI=1S/C9H16O/c1-5-6-9(10-4)7-8(2)3/h5-8H,1-4H3/b6-5-,9-7+. The molecule has 0 aliphatic heterocycles. The summed E-state index contributed by atoms with van der Waals surface area (Å²) in [5, 5.41) is 0. The van der Waals surface area contributed by atoms with Crippen LogP contribution in [0.25, 0.3) is 0 Å². The smallest absolute Gasteiger partial charge is 0.114 e. The zero-order valence-electron chi connectivity index (χ0n) is 7.22. The number of methoxy groups -OCH3 is 1. The Kier molecular flexibility index (Phi) is 4.73. The maximum Gasteiger partial charge on any atom is 0.114 e.